The van der Waals surface area contributed by atoms with Gasteiger partial charge in [0.25, 0.3) is 0 Å². The summed E-state index contributed by atoms with van der Waals surface area (Å²) in [5.74, 6) is -0.298. The van der Waals surface area contributed by atoms with Crippen LogP contribution in [0.25, 0.3) is 0 Å². The molecule has 0 saturated carbocycles. The van der Waals surface area contributed by atoms with E-state index in [4.69, 9.17) is 23.2 Å². The molecule has 1 atom stereocenters. The maximum atomic E-state index is 13.2. The number of rotatable bonds is 4. The molecule has 1 unspecified atom stereocenters. The molecule has 0 radical (unpaired) electrons. The molecular formula is C16H15Cl2FO. The van der Waals surface area contributed by atoms with Crippen LogP contribution < -0.4 is 0 Å². The van der Waals surface area contributed by atoms with Gasteiger partial charge in [-0.2, -0.15) is 0 Å². The molecule has 20 heavy (non-hydrogen) atoms. The Balaban J connectivity index is 2.12. The molecule has 0 saturated heterocycles. The third kappa shape index (κ3) is 4.20. The van der Waals surface area contributed by atoms with Crippen LogP contribution in [-0.2, 0) is 12.8 Å². The van der Waals surface area contributed by atoms with E-state index in [1.165, 1.54) is 12.1 Å². The fraction of sp³-hybridized carbons (Fsp3) is 0.250. The second kappa shape index (κ2) is 6.13. The molecule has 0 aliphatic rings. The number of benzene rings is 2. The Morgan fingerprint density at radius 2 is 1.65 bits per heavy atom. The molecule has 2 aromatic carbocycles. The normalized spacial score (nSPS) is 14.1. The Morgan fingerprint density at radius 3 is 2.25 bits per heavy atom. The summed E-state index contributed by atoms with van der Waals surface area (Å²) in [6.07, 6.45) is 0.783. The highest BCUT2D eigenvalue weighted by Gasteiger charge is 2.22. The topological polar surface area (TPSA) is 20.2 Å². The molecule has 0 aromatic heterocycles. The Kier molecular flexibility index (Phi) is 4.69. The third-order valence-electron chi connectivity index (χ3n) is 3.04. The lowest BCUT2D eigenvalue weighted by molar-refractivity contribution is 0.0608. The van der Waals surface area contributed by atoms with Crippen LogP contribution >= 0.6 is 23.2 Å². The zero-order valence-electron chi connectivity index (χ0n) is 11.0. The van der Waals surface area contributed by atoms with E-state index >= 15 is 0 Å². The summed E-state index contributed by atoms with van der Waals surface area (Å²) in [5.41, 5.74) is 0.668. The number of aliphatic hydroxyl groups is 1. The minimum atomic E-state index is -0.981. The van der Waals surface area contributed by atoms with Crippen LogP contribution in [0, 0.1) is 5.82 Å². The van der Waals surface area contributed by atoms with Crippen LogP contribution in [0.2, 0.25) is 10.0 Å². The summed E-state index contributed by atoms with van der Waals surface area (Å²) >= 11 is 11.8. The van der Waals surface area contributed by atoms with E-state index in [2.05, 4.69) is 0 Å². The minimum absolute atomic E-state index is 0.298. The lowest BCUT2D eigenvalue weighted by Crippen LogP contribution is -2.30. The fourth-order valence-electron chi connectivity index (χ4n) is 2.24. The van der Waals surface area contributed by atoms with Gasteiger partial charge in [0.05, 0.1) is 15.6 Å². The average Bonchev–Trinajstić information content (AvgIpc) is 2.33. The Bertz CT molecular complexity index is 611. The summed E-state index contributed by atoms with van der Waals surface area (Å²) in [6.45, 7) is 1.72. The highest BCUT2D eigenvalue weighted by molar-refractivity contribution is 6.42. The van der Waals surface area contributed by atoms with Gasteiger partial charge in [0.15, 0.2) is 0 Å². The van der Waals surface area contributed by atoms with E-state index < -0.39 is 5.60 Å². The molecule has 2 rings (SSSR count). The van der Waals surface area contributed by atoms with E-state index in [1.807, 2.05) is 6.07 Å². The monoisotopic (exact) mass is 312 g/mol. The zero-order valence-corrected chi connectivity index (χ0v) is 12.5. The molecule has 2 aromatic rings. The summed E-state index contributed by atoms with van der Waals surface area (Å²) in [4.78, 5) is 0. The third-order valence-corrected chi connectivity index (χ3v) is 3.78. The summed E-state index contributed by atoms with van der Waals surface area (Å²) < 4.78 is 13.2. The maximum absolute atomic E-state index is 13.2. The van der Waals surface area contributed by atoms with Crippen LogP contribution in [-0.4, -0.2) is 10.7 Å². The van der Waals surface area contributed by atoms with Crippen LogP contribution in [0.5, 0.6) is 0 Å². The van der Waals surface area contributed by atoms with Crippen molar-refractivity contribution in [1.29, 1.82) is 0 Å². The highest BCUT2D eigenvalue weighted by Crippen LogP contribution is 2.26. The standard InChI is InChI=1S/C16H15Cl2FO/c1-16(20,9-11-3-2-4-13(19)7-11)10-12-5-6-14(17)15(18)8-12/h2-8,20H,9-10H2,1H3. The highest BCUT2D eigenvalue weighted by atomic mass is 35.5. The second-order valence-electron chi connectivity index (χ2n) is 5.23. The van der Waals surface area contributed by atoms with Crippen molar-refractivity contribution in [2.75, 3.05) is 0 Å². The van der Waals surface area contributed by atoms with Gasteiger partial charge in [0.1, 0.15) is 5.82 Å². The van der Waals surface area contributed by atoms with E-state index in [9.17, 15) is 9.50 Å². The molecule has 0 aliphatic carbocycles. The van der Waals surface area contributed by atoms with Gasteiger partial charge in [-0.1, -0.05) is 41.4 Å². The Labute approximate surface area is 128 Å². The van der Waals surface area contributed by atoms with E-state index in [0.29, 0.717) is 22.9 Å². The summed E-state index contributed by atoms with van der Waals surface area (Å²) in [6, 6.07) is 11.5. The summed E-state index contributed by atoms with van der Waals surface area (Å²) in [5, 5.41) is 11.4. The molecule has 1 nitrogen and oxygen atoms in total. The van der Waals surface area contributed by atoms with Gasteiger partial charge in [-0.15, -0.1) is 0 Å². The zero-order chi connectivity index (χ0) is 14.8. The molecule has 0 heterocycles. The number of halogens is 3. The van der Waals surface area contributed by atoms with Crippen molar-refractivity contribution in [3.8, 4) is 0 Å². The quantitative estimate of drug-likeness (QED) is 0.870. The van der Waals surface area contributed by atoms with Crippen molar-refractivity contribution in [3.63, 3.8) is 0 Å². The Morgan fingerprint density at radius 1 is 1.00 bits per heavy atom. The van der Waals surface area contributed by atoms with Gasteiger partial charge >= 0.3 is 0 Å². The molecule has 0 amide bonds. The summed E-state index contributed by atoms with van der Waals surface area (Å²) in [7, 11) is 0. The number of hydrogen-bond donors (Lipinski definition) is 1. The molecule has 106 valence electrons. The molecule has 0 spiro atoms. The van der Waals surface area contributed by atoms with Crippen molar-refractivity contribution in [1.82, 2.24) is 0 Å². The van der Waals surface area contributed by atoms with E-state index in [1.54, 1.807) is 31.2 Å². The first-order valence-electron chi connectivity index (χ1n) is 6.26. The first kappa shape index (κ1) is 15.3. The molecule has 0 aliphatic heterocycles. The lowest BCUT2D eigenvalue weighted by Gasteiger charge is -2.23. The first-order chi connectivity index (χ1) is 9.35. The van der Waals surface area contributed by atoms with Gasteiger partial charge < -0.3 is 5.11 Å². The van der Waals surface area contributed by atoms with E-state index in [0.717, 1.165) is 11.1 Å². The minimum Gasteiger partial charge on any atom is -0.389 e. The van der Waals surface area contributed by atoms with Crippen LogP contribution in [0.1, 0.15) is 18.1 Å². The largest absolute Gasteiger partial charge is 0.389 e. The fourth-order valence-corrected chi connectivity index (χ4v) is 2.56. The van der Waals surface area contributed by atoms with Gasteiger partial charge in [0, 0.05) is 12.8 Å². The maximum Gasteiger partial charge on any atom is 0.123 e. The van der Waals surface area contributed by atoms with Gasteiger partial charge in [0.2, 0.25) is 0 Å². The predicted octanol–water partition coefficient (Wildman–Crippen LogP) is 4.67. The molecule has 0 fully saturated rings. The van der Waals surface area contributed by atoms with E-state index in [-0.39, 0.29) is 5.82 Å². The van der Waals surface area contributed by atoms with Crippen LogP contribution in [0.15, 0.2) is 42.5 Å². The molecule has 1 N–H and O–H groups in total. The predicted molar refractivity (Wildman–Crippen MR) is 80.9 cm³/mol. The van der Waals surface area contributed by atoms with Gasteiger partial charge in [-0.3, -0.25) is 0 Å². The molecular weight excluding hydrogens is 298 g/mol. The average molecular weight is 313 g/mol. The number of hydrogen-bond acceptors (Lipinski definition) is 1. The lowest BCUT2D eigenvalue weighted by atomic mass is 9.90. The van der Waals surface area contributed by atoms with Crippen molar-refractivity contribution >= 4 is 23.2 Å². The van der Waals surface area contributed by atoms with Crippen molar-refractivity contribution in [2.45, 2.75) is 25.4 Å². The molecule has 4 heteroatoms. The molecule has 0 bridgehead atoms. The van der Waals surface area contributed by atoms with Crippen LogP contribution in [0.3, 0.4) is 0 Å². The Hall–Kier alpha value is -1.09. The van der Waals surface area contributed by atoms with Crippen molar-refractivity contribution in [3.05, 3.63) is 69.5 Å². The first-order valence-corrected chi connectivity index (χ1v) is 7.02. The van der Waals surface area contributed by atoms with Crippen molar-refractivity contribution in [2.24, 2.45) is 0 Å². The SMILES string of the molecule is CC(O)(Cc1cccc(F)c1)Cc1ccc(Cl)c(Cl)c1. The van der Waals surface area contributed by atoms with Crippen molar-refractivity contribution < 1.29 is 9.50 Å². The smallest absolute Gasteiger partial charge is 0.123 e. The van der Waals surface area contributed by atoms with Crippen LogP contribution in [0.4, 0.5) is 4.39 Å². The second-order valence-corrected chi connectivity index (χ2v) is 6.04. The van der Waals surface area contributed by atoms with Gasteiger partial charge in [-0.05, 0) is 42.3 Å². The van der Waals surface area contributed by atoms with Gasteiger partial charge in [-0.25, -0.2) is 4.39 Å².